The highest BCUT2D eigenvalue weighted by atomic mass is 19.2. The summed E-state index contributed by atoms with van der Waals surface area (Å²) < 4.78 is 71.4. The fraction of sp³-hybridized carbons (Fsp3) is 0.333. The van der Waals surface area contributed by atoms with Crippen LogP contribution in [0.25, 0.3) is 0 Å². The predicted molar refractivity (Wildman–Crippen MR) is 128 cm³/mol. The lowest BCUT2D eigenvalue weighted by molar-refractivity contribution is -0.384. The average Bonchev–Trinajstić information content (AvgIpc) is 3.38. The number of carbonyl (C=O) groups is 2. The van der Waals surface area contributed by atoms with Crippen LogP contribution in [-0.2, 0) is 9.53 Å². The van der Waals surface area contributed by atoms with Crippen molar-refractivity contribution in [3.8, 4) is 5.75 Å². The number of esters is 1. The minimum Gasteiger partial charge on any atom is -0.487 e. The van der Waals surface area contributed by atoms with Gasteiger partial charge in [-0.25, -0.2) is 17.6 Å². The number of ether oxygens (including phenoxy) is 2. The zero-order chi connectivity index (χ0) is 29.0. The first-order valence-corrected chi connectivity index (χ1v) is 11.9. The van der Waals surface area contributed by atoms with Gasteiger partial charge in [-0.3, -0.25) is 19.7 Å². The smallest absolute Gasteiger partial charge is 0.320 e. The SMILES string of the molecule is CCOC(=O)[C@H]1CC[C@@H](Oc2ccc([N+](=O)[O-])c(NC(=O)c3nnc(Nc4cc(F)c(F)cc4F)o3)c2F)CC1. The minimum absolute atomic E-state index is 0.256. The number of nitro groups is 1. The summed E-state index contributed by atoms with van der Waals surface area (Å²) in [6.45, 7) is 1.96. The monoisotopic (exact) mass is 567 g/mol. The van der Waals surface area contributed by atoms with Gasteiger partial charge in [-0.1, -0.05) is 5.10 Å². The molecular formula is C24H21F4N5O7. The van der Waals surface area contributed by atoms with Gasteiger partial charge in [-0.05, 0) is 38.7 Å². The maximum atomic E-state index is 15.3. The number of carbonyl (C=O) groups excluding carboxylic acids is 2. The Morgan fingerprint density at radius 1 is 1.07 bits per heavy atom. The standard InChI is InChI=1S/C24H21F4N5O7/c1-2-38-23(35)11-3-5-12(6-4-11)39-18-8-7-17(33(36)37)20(19(18)28)30-21(34)22-31-32-24(40-22)29-16-10-14(26)13(25)9-15(16)27/h7-12H,2-6H2,1H3,(H,29,32)(H,30,34)/t11-,12+. The molecule has 0 atom stereocenters. The van der Waals surface area contributed by atoms with Crippen LogP contribution >= 0.6 is 0 Å². The van der Waals surface area contributed by atoms with Gasteiger partial charge in [0.05, 0.1) is 29.2 Å². The average molecular weight is 567 g/mol. The third-order valence-electron chi connectivity index (χ3n) is 5.98. The van der Waals surface area contributed by atoms with E-state index in [1.54, 1.807) is 6.92 Å². The Kier molecular flexibility index (Phi) is 8.45. The van der Waals surface area contributed by atoms with Crippen LogP contribution < -0.4 is 15.4 Å². The van der Waals surface area contributed by atoms with Gasteiger partial charge in [0.25, 0.3) is 5.69 Å². The minimum atomic E-state index is -1.44. The number of halogens is 4. The van der Waals surface area contributed by atoms with Crippen molar-refractivity contribution in [2.75, 3.05) is 17.2 Å². The normalized spacial score (nSPS) is 16.7. The summed E-state index contributed by atoms with van der Waals surface area (Å²) in [6.07, 6.45) is 1.20. The number of rotatable bonds is 9. The molecule has 0 spiro atoms. The van der Waals surface area contributed by atoms with E-state index in [1.807, 2.05) is 5.32 Å². The highest BCUT2D eigenvalue weighted by Gasteiger charge is 2.31. The molecule has 0 unspecified atom stereocenters. The molecule has 0 saturated heterocycles. The summed E-state index contributed by atoms with van der Waals surface area (Å²) in [5.74, 6) is -8.33. The Labute approximate surface area is 222 Å². The quantitative estimate of drug-likeness (QED) is 0.118. The van der Waals surface area contributed by atoms with Gasteiger partial charge in [0.2, 0.25) is 0 Å². The largest absolute Gasteiger partial charge is 0.487 e. The van der Waals surface area contributed by atoms with Crippen molar-refractivity contribution in [2.24, 2.45) is 5.92 Å². The number of nitro benzene ring substituents is 1. The molecule has 212 valence electrons. The molecule has 2 N–H and O–H groups in total. The number of hydrogen-bond donors (Lipinski definition) is 2. The van der Waals surface area contributed by atoms with E-state index in [-0.39, 0.29) is 30.3 Å². The first-order chi connectivity index (χ1) is 19.1. The summed E-state index contributed by atoms with van der Waals surface area (Å²) in [7, 11) is 0. The molecule has 4 rings (SSSR count). The van der Waals surface area contributed by atoms with Gasteiger partial charge in [0.1, 0.15) is 5.82 Å². The number of aromatic nitrogens is 2. The third kappa shape index (κ3) is 6.27. The lowest BCUT2D eigenvalue weighted by Gasteiger charge is -2.28. The molecule has 1 saturated carbocycles. The second-order valence-electron chi connectivity index (χ2n) is 8.61. The van der Waals surface area contributed by atoms with Crippen molar-refractivity contribution < 1.29 is 46.0 Å². The second kappa shape index (κ2) is 12.0. The molecule has 3 aromatic rings. The van der Waals surface area contributed by atoms with Gasteiger partial charge >= 0.3 is 23.8 Å². The molecule has 16 heteroatoms. The van der Waals surface area contributed by atoms with Crippen molar-refractivity contribution in [3.05, 3.63) is 63.5 Å². The molecule has 40 heavy (non-hydrogen) atoms. The van der Waals surface area contributed by atoms with Crippen LogP contribution in [0.4, 0.5) is 40.6 Å². The van der Waals surface area contributed by atoms with Crippen molar-refractivity contribution in [1.82, 2.24) is 10.2 Å². The number of nitrogens with one attached hydrogen (secondary N) is 2. The molecule has 0 bridgehead atoms. The maximum absolute atomic E-state index is 15.3. The van der Waals surface area contributed by atoms with Crippen molar-refractivity contribution in [2.45, 2.75) is 38.7 Å². The van der Waals surface area contributed by atoms with E-state index in [9.17, 15) is 32.9 Å². The summed E-state index contributed by atoms with van der Waals surface area (Å²) in [4.78, 5) is 35.1. The molecule has 1 heterocycles. The van der Waals surface area contributed by atoms with Crippen molar-refractivity contribution >= 4 is 35.0 Å². The Morgan fingerprint density at radius 2 is 1.77 bits per heavy atom. The third-order valence-corrected chi connectivity index (χ3v) is 5.98. The van der Waals surface area contributed by atoms with E-state index in [1.165, 1.54) is 0 Å². The number of nitrogens with zero attached hydrogens (tertiary/aromatic N) is 3. The van der Waals surface area contributed by atoms with Crippen LogP contribution in [0.1, 0.15) is 43.3 Å². The van der Waals surface area contributed by atoms with Crippen LogP contribution in [0.15, 0.2) is 28.7 Å². The summed E-state index contributed by atoms with van der Waals surface area (Å²) in [5, 5.41) is 22.4. The van der Waals surface area contributed by atoms with Crippen LogP contribution in [0.2, 0.25) is 0 Å². The van der Waals surface area contributed by atoms with Gasteiger partial charge in [0, 0.05) is 18.2 Å². The number of anilines is 3. The Morgan fingerprint density at radius 3 is 2.45 bits per heavy atom. The summed E-state index contributed by atoms with van der Waals surface area (Å²) in [6, 6.07) is 2.11. The van der Waals surface area contributed by atoms with Gasteiger partial charge in [-0.15, -0.1) is 5.10 Å². The van der Waals surface area contributed by atoms with Crippen LogP contribution in [0, 0.1) is 39.3 Å². The van der Waals surface area contributed by atoms with Crippen LogP contribution in [-0.4, -0.2) is 39.7 Å². The lowest BCUT2D eigenvalue weighted by Crippen LogP contribution is -2.29. The lowest BCUT2D eigenvalue weighted by atomic mass is 9.87. The second-order valence-corrected chi connectivity index (χ2v) is 8.61. The molecule has 0 aliphatic heterocycles. The summed E-state index contributed by atoms with van der Waals surface area (Å²) in [5.41, 5.74) is -2.23. The molecule has 12 nitrogen and oxygen atoms in total. The molecule has 1 amide bonds. The van der Waals surface area contributed by atoms with Crippen LogP contribution in [0.3, 0.4) is 0 Å². The van der Waals surface area contributed by atoms with Crippen molar-refractivity contribution in [3.63, 3.8) is 0 Å². The van der Waals surface area contributed by atoms with Crippen molar-refractivity contribution in [1.29, 1.82) is 0 Å². The Hall–Kier alpha value is -4.76. The number of benzene rings is 2. The van der Waals surface area contributed by atoms with E-state index in [0.29, 0.717) is 31.7 Å². The fourth-order valence-electron chi connectivity index (χ4n) is 4.03. The number of hydrogen-bond acceptors (Lipinski definition) is 10. The van der Waals surface area contributed by atoms with Gasteiger partial charge in [0.15, 0.2) is 28.9 Å². The molecule has 1 aliphatic carbocycles. The zero-order valence-corrected chi connectivity index (χ0v) is 20.7. The molecule has 1 aromatic heterocycles. The topological polar surface area (TPSA) is 159 Å². The molecule has 0 radical (unpaired) electrons. The zero-order valence-electron chi connectivity index (χ0n) is 20.7. The van der Waals surface area contributed by atoms with E-state index in [2.05, 4.69) is 15.5 Å². The van der Waals surface area contributed by atoms with Crippen LogP contribution in [0.5, 0.6) is 5.75 Å². The molecule has 1 aliphatic rings. The summed E-state index contributed by atoms with van der Waals surface area (Å²) >= 11 is 0. The number of amides is 1. The van der Waals surface area contributed by atoms with Gasteiger partial charge in [-0.2, -0.15) is 0 Å². The van der Waals surface area contributed by atoms with E-state index in [0.717, 1.165) is 12.1 Å². The Bertz CT molecular complexity index is 1440. The highest BCUT2D eigenvalue weighted by Crippen LogP contribution is 2.36. The molecule has 2 aromatic carbocycles. The highest BCUT2D eigenvalue weighted by molar-refractivity contribution is 6.02. The van der Waals surface area contributed by atoms with E-state index in [4.69, 9.17) is 13.9 Å². The van der Waals surface area contributed by atoms with E-state index >= 15 is 4.39 Å². The first kappa shape index (κ1) is 28.3. The fourth-order valence-corrected chi connectivity index (χ4v) is 4.03. The van der Waals surface area contributed by atoms with Gasteiger partial charge < -0.3 is 24.5 Å². The first-order valence-electron chi connectivity index (χ1n) is 11.9. The molecular weight excluding hydrogens is 546 g/mol. The van der Waals surface area contributed by atoms with E-state index < -0.39 is 69.2 Å². The maximum Gasteiger partial charge on any atom is 0.320 e. The predicted octanol–water partition coefficient (Wildman–Crippen LogP) is 5.03. The Balaban J connectivity index is 1.48. The molecule has 1 fully saturated rings.